The fourth-order valence-corrected chi connectivity index (χ4v) is 5.83. The predicted molar refractivity (Wildman–Crippen MR) is 170 cm³/mol. The number of fused-ring (bicyclic) bond motifs is 8. The topological polar surface area (TPSA) is 148 Å². The molecule has 8 bridgehead atoms. The normalized spacial score (nSPS) is 12.3. The summed E-state index contributed by atoms with van der Waals surface area (Å²) in [5, 5.41) is 18.9. The second-order valence-corrected chi connectivity index (χ2v) is 10.8. The van der Waals surface area contributed by atoms with Gasteiger partial charge in [0.15, 0.2) is 0 Å². The molecule has 0 spiro atoms. The van der Waals surface area contributed by atoms with Gasteiger partial charge in [0.05, 0.1) is 22.8 Å². The van der Waals surface area contributed by atoms with Gasteiger partial charge < -0.3 is 20.2 Å². The van der Waals surface area contributed by atoms with Crippen LogP contribution in [0.25, 0.3) is 44.4 Å². The van der Waals surface area contributed by atoms with Crippen molar-refractivity contribution >= 4 is 56.3 Å². The zero-order chi connectivity index (χ0) is 32.3. The van der Waals surface area contributed by atoms with Crippen LogP contribution in [0.2, 0.25) is 0 Å². The zero-order valence-electron chi connectivity index (χ0n) is 25.9. The SMILES string of the molecule is C=CC1=C(C)c2cc3nc(cc4[n-]c(cc5[n-]c(cc1n2)c(C)c5CCC(=O)O)c(CCC(=O)O)c4C)C(C)=C3CC.[C-]#[O+].[Fe+3]. The Balaban J connectivity index is 0.00000180. The van der Waals surface area contributed by atoms with Gasteiger partial charge in [0, 0.05) is 18.4 Å². The molecule has 0 aromatic carbocycles. The van der Waals surface area contributed by atoms with Crippen LogP contribution in [0.5, 0.6) is 0 Å². The first-order valence-electron chi connectivity index (χ1n) is 14.3. The third-order valence-electron chi connectivity index (χ3n) is 8.30. The molecule has 10 heteroatoms. The Morgan fingerprint density at radius 3 is 1.71 bits per heavy atom. The molecule has 0 fully saturated rings. The number of allylic oxidation sites excluding steroid dienone is 5. The summed E-state index contributed by atoms with van der Waals surface area (Å²) in [7, 11) is 0. The van der Waals surface area contributed by atoms with Crippen molar-refractivity contribution in [2.45, 2.75) is 66.7 Å². The number of hydrogen-bond acceptors (Lipinski definition) is 4. The number of hydrogen-bond donors (Lipinski definition) is 2. The van der Waals surface area contributed by atoms with Gasteiger partial charge in [-0.15, -0.1) is 22.1 Å². The molecule has 2 N–H and O–H groups in total. The van der Waals surface area contributed by atoms with Crippen LogP contribution in [0.3, 0.4) is 0 Å². The van der Waals surface area contributed by atoms with Gasteiger partial charge in [-0.25, -0.2) is 9.97 Å². The Morgan fingerprint density at radius 2 is 1.24 bits per heavy atom. The molecule has 0 saturated heterocycles. The molecule has 2 aliphatic rings. The number of carboxylic acid groups (broad SMARTS) is 2. The molecule has 2 aliphatic heterocycles. The van der Waals surface area contributed by atoms with E-state index < -0.39 is 11.9 Å². The van der Waals surface area contributed by atoms with E-state index in [1.165, 1.54) is 0 Å². The number of carboxylic acids is 2. The molecule has 5 rings (SSSR count). The van der Waals surface area contributed by atoms with Gasteiger partial charge in [0.2, 0.25) is 0 Å². The molecule has 0 unspecified atom stereocenters. The number of aliphatic carboxylic acids is 2. The average Bonchev–Trinajstić information content (AvgIpc) is 3.64. The largest absolute Gasteiger partial charge is 3.00 e. The van der Waals surface area contributed by atoms with Crippen molar-refractivity contribution in [1.29, 1.82) is 0 Å². The molecular weight excluding hydrogens is 612 g/mol. The summed E-state index contributed by atoms with van der Waals surface area (Å²) in [6.45, 7) is 18.6. The van der Waals surface area contributed by atoms with E-state index in [0.29, 0.717) is 29.4 Å². The molecule has 0 amide bonds. The molecule has 9 nitrogen and oxygen atoms in total. The first-order valence-corrected chi connectivity index (χ1v) is 14.3. The van der Waals surface area contributed by atoms with Crippen LogP contribution >= 0.6 is 0 Å². The summed E-state index contributed by atoms with van der Waals surface area (Å²) in [6.07, 6.45) is 3.14. The van der Waals surface area contributed by atoms with Crippen molar-refractivity contribution in [1.82, 2.24) is 19.9 Å². The van der Waals surface area contributed by atoms with Crippen molar-refractivity contribution in [3.8, 4) is 0 Å². The predicted octanol–water partition coefficient (Wildman–Crippen LogP) is 6.64. The summed E-state index contributed by atoms with van der Waals surface area (Å²) >= 11 is 0. The first kappa shape index (κ1) is 35.0. The van der Waals surface area contributed by atoms with E-state index in [0.717, 1.165) is 79.3 Å². The third-order valence-corrected chi connectivity index (χ3v) is 8.30. The smallest absolute Gasteiger partial charge is 3.00 e. The maximum atomic E-state index is 11.5. The Bertz CT molecular complexity index is 1940. The molecule has 3 aromatic heterocycles. The van der Waals surface area contributed by atoms with E-state index in [1.54, 1.807) is 6.08 Å². The summed E-state index contributed by atoms with van der Waals surface area (Å²) < 4.78 is 7.50. The average molecular weight is 647 g/mol. The van der Waals surface area contributed by atoms with Crippen LogP contribution < -0.4 is 9.97 Å². The number of aryl methyl sites for hydroxylation is 4. The molecule has 231 valence electrons. The van der Waals surface area contributed by atoms with Gasteiger partial charge in [-0.2, -0.15) is 0 Å². The number of rotatable bonds is 8. The fourth-order valence-electron chi connectivity index (χ4n) is 5.83. The standard InChI is InChI=1S/C34H36N4O4.CO.Fe/c1-7-21-17(3)25-13-26-19(5)23(9-11-33(39)40)31(37-26)16-32-24(10-12-34(41)42)20(6)28(38-32)15-30-22(8-2)18(4)27(36-30)14-29(21)35-25;1-2;/h8,13-16H,2,7,9-12H2,1,3-6H3,(H4,35,36,37,38,39,40,41,42);;/q;;+3/p-2. The van der Waals surface area contributed by atoms with Crippen LogP contribution in [-0.2, 0) is 44.2 Å². The van der Waals surface area contributed by atoms with Crippen molar-refractivity contribution in [2.75, 3.05) is 0 Å². The van der Waals surface area contributed by atoms with E-state index in [1.807, 2.05) is 45.0 Å². The van der Waals surface area contributed by atoms with Crippen LogP contribution in [-0.4, -0.2) is 32.1 Å². The van der Waals surface area contributed by atoms with Crippen molar-refractivity contribution in [2.24, 2.45) is 0 Å². The minimum absolute atomic E-state index is 0. The molecule has 0 atom stereocenters. The monoisotopic (exact) mass is 646 g/mol. The maximum absolute atomic E-state index is 11.5. The second kappa shape index (κ2) is 14.5. The molecule has 45 heavy (non-hydrogen) atoms. The third kappa shape index (κ3) is 6.95. The molecular formula is C35H34FeN4O5+. The Morgan fingerprint density at radius 1 is 0.778 bits per heavy atom. The van der Waals surface area contributed by atoms with Gasteiger partial charge >= 0.3 is 40.3 Å². The van der Waals surface area contributed by atoms with Crippen LogP contribution in [0.1, 0.15) is 85.1 Å². The van der Waals surface area contributed by atoms with Crippen LogP contribution in [0.15, 0.2) is 36.9 Å². The van der Waals surface area contributed by atoms with Crippen molar-refractivity contribution in [3.05, 3.63) is 88.6 Å². The Kier molecular flexibility index (Phi) is 11.3. The Hall–Kier alpha value is -4.46. The summed E-state index contributed by atoms with van der Waals surface area (Å²) in [5.74, 6) is -1.78. The van der Waals surface area contributed by atoms with Crippen LogP contribution in [0, 0.1) is 20.5 Å². The van der Waals surface area contributed by atoms with E-state index >= 15 is 0 Å². The molecule has 5 heterocycles. The van der Waals surface area contributed by atoms with E-state index in [2.05, 4.69) is 27.1 Å². The van der Waals surface area contributed by atoms with E-state index in [-0.39, 0.29) is 29.9 Å². The van der Waals surface area contributed by atoms with Gasteiger partial charge in [-0.3, -0.25) is 9.59 Å². The second-order valence-electron chi connectivity index (χ2n) is 10.8. The summed E-state index contributed by atoms with van der Waals surface area (Å²) in [5.41, 5.74) is 13.4. The zero-order valence-corrected chi connectivity index (χ0v) is 27.0. The molecule has 0 saturated carbocycles. The van der Waals surface area contributed by atoms with Crippen LogP contribution in [0.4, 0.5) is 0 Å². The molecule has 0 aliphatic carbocycles. The number of nitrogens with zero attached hydrogens (tertiary/aromatic N) is 4. The van der Waals surface area contributed by atoms with Crippen molar-refractivity contribution < 1.29 is 41.5 Å². The number of aromatic nitrogens is 4. The molecule has 3 aromatic rings. The first-order chi connectivity index (χ1) is 21.0. The maximum Gasteiger partial charge on any atom is 3.00 e. The van der Waals surface area contributed by atoms with E-state index in [4.69, 9.17) is 24.6 Å². The molecule has 1 radical (unpaired) electrons. The fraction of sp³-hybridized carbons (Fsp3) is 0.286. The van der Waals surface area contributed by atoms with E-state index in [9.17, 15) is 19.8 Å². The van der Waals surface area contributed by atoms with Gasteiger partial charge in [-0.05, 0) is 69.7 Å². The minimum atomic E-state index is -0.891. The number of carbonyl (C=O) groups is 2. The van der Waals surface area contributed by atoms with Gasteiger partial charge in [-0.1, -0.05) is 60.0 Å². The summed E-state index contributed by atoms with van der Waals surface area (Å²) in [6, 6.07) is 7.77. The quantitative estimate of drug-likeness (QED) is 0.157. The summed E-state index contributed by atoms with van der Waals surface area (Å²) in [4.78, 5) is 42.9. The van der Waals surface area contributed by atoms with Crippen molar-refractivity contribution in [3.63, 3.8) is 0 Å². The Labute approximate surface area is 272 Å². The van der Waals surface area contributed by atoms with Gasteiger partial charge in [0.1, 0.15) is 0 Å². The van der Waals surface area contributed by atoms with Gasteiger partial charge in [0.25, 0.3) is 0 Å². The minimum Gasteiger partial charge on any atom is 3.00 e.